The number of anilines is 3. The van der Waals surface area contributed by atoms with Crippen molar-refractivity contribution in [2.45, 2.75) is 20.8 Å². The van der Waals surface area contributed by atoms with Gasteiger partial charge in [0.05, 0.1) is 28.7 Å². The molecule has 0 spiro atoms. The molecule has 8 heteroatoms. The predicted molar refractivity (Wildman–Crippen MR) is 141 cm³/mol. The maximum Gasteiger partial charge on any atom is 0.255 e. The number of amides is 1. The Morgan fingerprint density at radius 1 is 1.06 bits per heavy atom. The molecule has 3 aromatic heterocycles. The van der Waals surface area contributed by atoms with E-state index >= 15 is 0 Å². The Bertz CT molecular complexity index is 1960. The van der Waals surface area contributed by atoms with Gasteiger partial charge in [0.1, 0.15) is 0 Å². The molecule has 0 saturated heterocycles. The van der Waals surface area contributed by atoms with Crippen LogP contribution in [0.1, 0.15) is 38.1 Å². The van der Waals surface area contributed by atoms with E-state index in [4.69, 9.17) is 11.0 Å². The molecule has 1 amide bonds. The third-order valence-corrected chi connectivity index (χ3v) is 5.02. The van der Waals surface area contributed by atoms with Crippen molar-refractivity contribution in [2.24, 2.45) is 0 Å². The molecule has 0 saturated carbocycles. The molecule has 0 bridgehead atoms. The summed E-state index contributed by atoms with van der Waals surface area (Å²) < 4.78 is 69.4. The molecule has 0 aliphatic carbocycles. The minimum absolute atomic E-state index is 0.0742. The van der Waals surface area contributed by atoms with Crippen LogP contribution in [0.2, 0.25) is 0 Å². The number of hydrogen-bond acceptors (Lipinski definition) is 6. The molecular weight excluding hydrogens is 450 g/mol. The number of aromatic nitrogens is 5. The quantitative estimate of drug-likeness (QED) is 0.324. The van der Waals surface area contributed by atoms with Crippen LogP contribution in [0, 0.1) is 20.8 Å². The first-order chi connectivity index (χ1) is 20.8. The summed E-state index contributed by atoms with van der Waals surface area (Å²) in [5.41, 5.74) is 0.790. The summed E-state index contributed by atoms with van der Waals surface area (Å²) >= 11 is 0. The molecule has 0 fully saturated rings. The minimum atomic E-state index is -1.01. The van der Waals surface area contributed by atoms with E-state index < -0.39 is 29.7 Å². The van der Waals surface area contributed by atoms with E-state index in [1.165, 1.54) is 30.9 Å². The lowest BCUT2D eigenvalue weighted by molar-refractivity contribution is 0.102. The van der Waals surface area contributed by atoms with Gasteiger partial charge in [-0.3, -0.25) is 9.78 Å². The van der Waals surface area contributed by atoms with Crippen molar-refractivity contribution in [3.05, 3.63) is 108 Å². The summed E-state index contributed by atoms with van der Waals surface area (Å²) in [6.07, 6.45) is 5.63. The maximum absolute atomic E-state index is 13.6. The lowest BCUT2D eigenvalue weighted by Gasteiger charge is -2.13. The molecule has 8 nitrogen and oxygen atoms in total. The van der Waals surface area contributed by atoms with Crippen molar-refractivity contribution in [2.75, 3.05) is 10.6 Å². The zero-order valence-electron chi connectivity index (χ0n) is 27.6. The van der Waals surface area contributed by atoms with Crippen LogP contribution in [0.4, 0.5) is 17.3 Å². The van der Waals surface area contributed by atoms with Crippen molar-refractivity contribution in [3.8, 4) is 16.9 Å². The second-order valence-electron chi connectivity index (χ2n) is 7.85. The summed E-state index contributed by atoms with van der Waals surface area (Å²) in [4.78, 5) is 30.1. The van der Waals surface area contributed by atoms with Gasteiger partial charge in [0.2, 0.25) is 5.95 Å². The number of pyridine rings is 1. The first kappa shape index (κ1) is 15.2. The van der Waals surface area contributed by atoms with E-state index in [9.17, 15) is 4.79 Å². The number of nitrogens with one attached hydrogen (secondary N) is 2. The number of benzene rings is 2. The highest BCUT2D eigenvalue weighted by molar-refractivity contribution is 6.05. The molecule has 0 atom stereocenters. The van der Waals surface area contributed by atoms with E-state index in [1.54, 1.807) is 31.5 Å². The molecule has 3 heterocycles. The molecule has 0 unspecified atom stereocenters. The van der Waals surface area contributed by atoms with Crippen molar-refractivity contribution in [3.63, 3.8) is 0 Å². The molecule has 0 aliphatic heterocycles. The van der Waals surface area contributed by atoms with E-state index in [0.717, 1.165) is 0 Å². The number of carbonyl (C=O) groups excluding carboxylic acids is 1. The van der Waals surface area contributed by atoms with Crippen LogP contribution in [0.25, 0.3) is 16.9 Å². The molecule has 0 radical (unpaired) electrons. The first-order valence-corrected chi connectivity index (χ1v) is 10.9. The van der Waals surface area contributed by atoms with Gasteiger partial charge in [-0.15, -0.1) is 0 Å². The molecule has 0 aliphatic rings. The topological polar surface area (TPSA) is 97.6 Å². The van der Waals surface area contributed by atoms with Crippen molar-refractivity contribution in [1.82, 2.24) is 24.5 Å². The standard InChI is InChI=1S/C28H25N7O/c1-18-11-23(14-24(12-18)35-16-20(3)31-17-35)32-27(36)21-7-6-19(2)26(13-21)34-28-30-10-8-25(33-28)22-5-4-9-29-15-22/h4-17H,1-3H3,(H,32,36)(H,30,33,34)/i6D,7D,8D,10D,11D,12D,13D,14D. The van der Waals surface area contributed by atoms with E-state index in [-0.39, 0.29) is 70.0 Å². The van der Waals surface area contributed by atoms with Gasteiger partial charge in [-0.25, -0.2) is 15.0 Å². The molecule has 178 valence electrons. The number of rotatable bonds is 6. The number of aryl methyl sites for hydroxylation is 1. The monoisotopic (exact) mass is 483 g/mol. The minimum Gasteiger partial charge on any atom is -0.324 e. The second kappa shape index (κ2) is 9.79. The fraction of sp³-hybridized carbons (Fsp3) is 0.107. The van der Waals surface area contributed by atoms with Gasteiger partial charge in [0.25, 0.3) is 5.91 Å². The zero-order chi connectivity index (χ0) is 32.0. The van der Waals surface area contributed by atoms with Crippen LogP contribution in [-0.2, 0) is 0 Å². The summed E-state index contributed by atoms with van der Waals surface area (Å²) in [5, 5.41) is 5.26. The number of imidazole rings is 1. The molecule has 2 N–H and O–H groups in total. The lowest BCUT2D eigenvalue weighted by atomic mass is 10.1. The van der Waals surface area contributed by atoms with Crippen LogP contribution in [0.5, 0.6) is 0 Å². The third kappa shape index (κ3) is 5.12. The Labute approximate surface area is 220 Å². The van der Waals surface area contributed by atoms with Crippen molar-refractivity contribution >= 4 is 23.2 Å². The SMILES string of the molecule is [2H]c1nc(Nc2c([2H])c(C(=O)Nc3c([2H])c(C)c([2H])c(-n4cnc(C)c4)c3[2H])c([2H])c([2H])c2C)nc(-c2cccnc2)c1[2H]. The Morgan fingerprint density at radius 3 is 2.72 bits per heavy atom. The lowest BCUT2D eigenvalue weighted by Crippen LogP contribution is -2.13. The van der Waals surface area contributed by atoms with Crippen LogP contribution >= 0.6 is 0 Å². The van der Waals surface area contributed by atoms with Crippen LogP contribution < -0.4 is 10.6 Å². The fourth-order valence-electron chi connectivity index (χ4n) is 3.30. The molecule has 5 rings (SSSR count). The smallest absolute Gasteiger partial charge is 0.255 e. The van der Waals surface area contributed by atoms with Gasteiger partial charge in [-0.2, -0.15) is 0 Å². The van der Waals surface area contributed by atoms with Gasteiger partial charge in [-0.1, -0.05) is 6.04 Å². The molecule has 2 aromatic carbocycles. The maximum atomic E-state index is 13.6. The predicted octanol–water partition coefficient (Wildman–Crippen LogP) is 5.65. The average Bonchev–Trinajstić information content (AvgIpc) is 3.43. The largest absolute Gasteiger partial charge is 0.324 e. The van der Waals surface area contributed by atoms with E-state index in [1.807, 2.05) is 0 Å². The molecule has 36 heavy (non-hydrogen) atoms. The summed E-state index contributed by atoms with van der Waals surface area (Å²) in [5.74, 6) is -1.18. The number of nitrogens with zero attached hydrogens (tertiary/aromatic N) is 5. The third-order valence-electron chi connectivity index (χ3n) is 5.02. The van der Waals surface area contributed by atoms with E-state index in [0.29, 0.717) is 11.3 Å². The van der Waals surface area contributed by atoms with Gasteiger partial charge in [-0.05, 0) is 80.3 Å². The first-order valence-electron chi connectivity index (χ1n) is 14.9. The van der Waals surface area contributed by atoms with Gasteiger partial charge >= 0.3 is 0 Å². The Hall–Kier alpha value is -4.85. The normalized spacial score (nSPS) is 13.9. The van der Waals surface area contributed by atoms with Gasteiger partial charge in [0.15, 0.2) is 0 Å². The highest BCUT2D eigenvalue weighted by Gasteiger charge is 2.12. The Morgan fingerprint density at radius 2 is 1.94 bits per heavy atom. The van der Waals surface area contributed by atoms with Crippen LogP contribution in [0.15, 0.2) is 85.5 Å². The molecule has 5 aromatic rings. The summed E-state index contributed by atoms with van der Waals surface area (Å²) in [6.45, 7) is 4.73. The summed E-state index contributed by atoms with van der Waals surface area (Å²) in [6, 6.07) is 0.961. The Kier molecular flexibility index (Phi) is 4.14. The van der Waals surface area contributed by atoms with Gasteiger partial charge < -0.3 is 15.2 Å². The van der Waals surface area contributed by atoms with Crippen molar-refractivity contribution < 1.29 is 15.8 Å². The number of carbonyl (C=O) groups is 1. The number of hydrogen-bond donors (Lipinski definition) is 2. The fourth-order valence-corrected chi connectivity index (χ4v) is 3.30. The molecular formula is C28H25N7O. The zero-order valence-corrected chi connectivity index (χ0v) is 19.6. The highest BCUT2D eigenvalue weighted by Crippen LogP contribution is 2.24. The summed E-state index contributed by atoms with van der Waals surface area (Å²) in [7, 11) is 0. The van der Waals surface area contributed by atoms with Gasteiger partial charge in [0, 0.05) is 53.0 Å². The highest BCUT2D eigenvalue weighted by atomic mass is 16.1. The Balaban J connectivity index is 1.58. The average molecular weight is 484 g/mol. The van der Waals surface area contributed by atoms with Crippen molar-refractivity contribution in [1.29, 1.82) is 0 Å². The van der Waals surface area contributed by atoms with Crippen LogP contribution in [0.3, 0.4) is 0 Å². The second-order valence-corrected chi connectivity index (χ2v) is 7.85. The van der Waals surface area contributed by atoms with Crippen LogP contribution in [-0.4, -0.2) is 30.4 Å². The van der Waals surface area contributed by atoms with E-state index in [2.05, 4.69) is 30.6 Å².